The van der Waals surface area contributed by atoms with Crippen LogP contribution >= 0.6 is 0 Å². The van der Waals surface area contributed by atoms with Gasteiger partial charge in [-0.15, -0.1) is 5.73 Å². The summed E-state index contributed by atoms with van der Waals surface area (Å²) >= 11 is 0. The molecule has 2 aromatic carbocycles. The second-order valence-corrected chi connectivity index (χ2v) is 7.59. The first-order valence-electron chi connectivity index (χ1n) is 10.2. The van der Waals surface area contributed by atoms with Crippen molar-refractivity contribution < 1.29 is 19.7 Å². The Morgan fingerprint density at radius 3 is 2.41 bits per heavy atom. The van der Waals surface area contributed by atoms with E-state index in [1.54, 1.807) is 20.1 Å². The number of methoxy groups -OCH3 is 1. The maximum absolute atomic E-state index is 13.3. The minimum absolute atomic E-state index is 0.0334. The highest BCUT2D eigenvalue weighted by Crippen LogP contribution is 2.33. The first-order valence-corrected chi connectivity index (χ1v) is 10.2. The molecular formula is C26H23N3O5. The van der Waals surface area contributed by atoms with E-state index in [1.165, 1.54) is 30.3 Å². The van der Waals surface area contributed by atoms with Gasteiger partial charge in [-0.2, -0.15) is 0 Å². The van der Waals surface area contributed by atoms with Crippen LogP contribution in [0.5, 0.6) is 11.6 Å². The Hall–Kier alpha value is -4.73. The molecule has 0 saturated carbocycles. The predicted molar refractivity (Wildman–Crippen MR) is 131 cm³/mol. The molecule has 0 atom stereocenters. The second kappa shape index (κ2) is 9.82. The van der Waals surface area contributed by atoms with E-state index in [9.17, 15) is 14.7 Å². The lowest BCUT2D eigenvalue weighted by atomic mass is 10.1. The SMILES string of the molecule is [C-]#[N+]c1c(C)c(C=C=Cc2ccc(N(C)C)cc2OC)c(=O)n(-c2ccc(C(=O)O)cc2)c1O. The number of nitrogens with zero attached hydrogens (tertiary/aromatic N) is 3. The monoisotopic (exact) mass is 457 g/mol. The third-order valence-corrected chi connectivity index (χ3v) is 5.30. The molecule has 0 aliphatic carbocycles. The number of hydrogen-bond donors (Lipinski definition) is 2. The van der Waals surface area contributed by atoms with E-state index in [2.05, 4.69) is 10.6 Å². The highest BCUT2D eigenvalue weighted by atomic mass is 16.5. The maximum atomic E-state index is 13.3. The smallest absolute Gasteiger partial charge is 0.335 e. The number of carboxylic acids is 1. The van der Waals surface area contributed by atoms with Crippen molar-refractivity contribution in [3.63, 3.8) is 0 Å². The van der Waals surface area contributed by atoms with Gasteiger partial charge in [-0.05, 0) is 61.0 Å². The van der Waals surface area contributed by atoms with Crippen molar-refractivity contribution in [1.82, 2.24) is 4.57 Å². The largest absolute Gasteiger partial charge is 0.502 e. The summed E-state index contributed by atoms with van der Waals surface area (Å²) in [6, 6.07) is 11.1. The minimum Gasteiger partial charge on any atom is -0.502 e. The Morgan fingerprint density at radius 1 is 1.18 bits per heavy atom. The number of aromatic nitrogens is 1. The lowest BCUT2D eigenvalue weighted by molar-refractivity contribution is 0.0697. The van der Waals surface area contributed by atoms with Crippen LogP contribution < -0.4 is 15.2 Å². The predicted octanol–water partition coefficient (Wildman–Crippen LogP) is 4.50. The van der Waals surface area contributed by atoms with Gasteiger partial charge in [0.15, 0.2) is 0 Å². The molecule has 0 aliphatic rings. The molecule has 2 N–H and O–H groups in total. The van der Waals surface area contributed by atoms with E-state index in [-0.39, 0.29) is 22.5 Å². The first kappa shape index (κ1) is 23.9. The number of ether oxygens (including phenoxy) is 1. The Morgan fingerprint density at radius 2 is 1.85 bits per heavy atom. The van der Waals surface area contributed by atoms with Crippen LogP contribution in [0, 0.1) is 13.5 Å². The molecule has 1 aromatic heterocycles. The Kier molecular flexibility index (Phi) is 6.91. The van der Waals surface area contributed by atoms with E-state index in [0.29, 0.717) is 11.3 Å². The van der Waals surface area contributed by atoms with Crippen LogP contribution in [0.3, 0.4) is 0 Å². The van der Waals surface area contributed by atoms with E-state index >= 15 is 0 Å². The number of aromatic carboxylic acids is 1. The standard InChI is InChI=1S/C26H23N3O5/c1-16-21(8-6-7-17-9-14-20(28(3)4)15-22(17)34-5)24(30)29(25(31)23(16)27-2)19-12-10-18(11-13-19)26(32)33/h7-15,31H,1,3-5H3,(H,32,33). The Balaban J connectivity index is 2.15. The molecule has 0 saturated heterocycles. The minimum atomic E-state index is -1.11. The number of anilines is 1. The van der Waals surface area contributed by atoms with Crippen molar-refractivity contribution in [2.24, 2.45) is 0 Å². The van der Waals surface area contributed by atoms with Crippen molar-refractivity contribution in [1.29, 1.82) is 0 Å². The van der Waals surface area contributed by atoms with Crippen LogP contribution in [-0.4, -0.2) is 42.0 Å². The number of aromatic hydroxyl groups is 1. The molecule has 8 nitrogen and oxygen atoms in total. The molecule has 8 heteroatoms. The maximum Gasteiger partial charge on any atom is 0.335 e. The van der Waals surface area contributed by atoms with Crippen molar-refractivity contribution in [3.8, 4) is 17.3 Å². The topological polar surface area (TPSA) is 96.4 Å². The van der Waals surface area contributed by atoms with E-state index < -0.39 is 17.4 Å². The van der Waals surface area contributed by atoms with Gasteiger partial charge < -0.3 is 19.8 Å². The number of carbonyl (C=O) groups is 1. The molecule has 0 radical (unpaired) electrons. The van der Waals surface area contributed by atoms with E-state index in [1.807, 2.05) is 37.2 Å². The molecule has 0 unspecified atom stereocenters. The molecule has 0 spiro atoms. The number of rotatable bonds is 6. The van der Waals surface area contributed by atoms with E-state index in [0.717, 1.165) is 15.8 Å². The fourth-order valence-electron chi connectivity index (χ4n) is 3.39. The third-order valence-electron chi connectivity index (χ3n) is 5.30. The molecule has 3 aromatic rings. The summed E-state index contributed by atoms with van der Waals surface area (Å²) in [7, 11) is 5.41. The number of pyridine rings is 1. The average molecular weight is 457 g/mol. The van der Waals surface area contributed by atoms with Crippen LogP contribution in [0.25, 0.3) is 22.7 Å². The second-order valence-electron chi connectivity index (χ2n) is 7.59. The lowest BCUT2D eigenvalue weighted by Crippen LogP contribution is -2.22. The Bertz CT molecular complexity index is 1420. The quantitative estimate of drug-likeness (QED) is 0.418. The molecule has 0 amide bonds. The Labute approximate surface area is 196 Å². The molecular weight excluding hydrogens is 434 g/mol. The molecule has 3 rings (SSSR count). The molecule has 172 valence electrons. The van der Waals surface area contributed by atoms with Gasteiger partial charge in [0.25, 0.3) is 5.56 Å². The van der Waals surface area contributed by atoms with Gasteiger partial charge in [0.05, 0.1) is 24.9 Å². The molecule has 1 heterocycles. The van der Waals surface area contributed by atoms with Crippen molar-refractivity contribution in [2.75, 3.05) is 26.1 Å². The van der Waals surface area contributed by atoms with Crippen molar-refractivity contribution >= 4 is 29.5 Å². The summed E-state index contributed by atoms with van der Waals surface area (Å²) in [5.41, 5.74) is 4.79. The summed E-state index contributed by atoms with van der Waals surface area (Å²) in [6.45, 7) is 9.05. The molecule has 0 aliphatic heterocycles. The molecule has 34 heavy (non-hydrogen) atoms. The fourth-order valence-corrected chi connectivity index (χ4v) is 3.39. The molecule has 0 bridgehead atoms. The summed E-state index contributed by atoms with van der Waals surface area (Å²) < 4.78 is 6.43. The number of hydrogen-bond acceptors (Lipinski definition) is 5. The summed E-state index contributed by atoms with van der Waals surface area (Å²) in [5, 5.41) is 19.7. The van der Waals surface area contributed by atoms with Crippen molar-refractivity contribution in [2.45, 2.75) is 6.92 Å². The average Bonchev–Trinajstić information content (AvgIpc) is 2.81. The highest BCUT2D eigenvalue weighted by molar-refractivity contribution is 5.87. The first-order chi connectivity index (χ1) is 16.2. The number of benzene rings is 2. The third kappa shape index (κ3) is 4.56. The summed E-state index contributed by atoms with van der Waals surface area (Å²) in [4.78, 5) is 29.7. The fraction of sp³-hybridized carbons (Fsp3) is 0.154. The van der Waals surface area contributed by atoms with Gasteiger partial charge in [-0.3, -0.25) is 9.36 Å². The van der Waals surface area contributed by atoms with Gasteiger partial charge in [0.2, 0.25) is 11.6 Å². The van der Waals surface area contributed by atoms with Gasteiger partial charge in [-0.1, -0.05) is 0 Å². The number of carboxylic acid groups (broad SMARTS) is 1. The molecule has 0 fully saturated rings. The summed E-state index contributed by atoms with van der Waals surface area (Å²) in [5.74, 6) is -0.994. The zero-order valence-electron chi connectivity index (χ0n) is 19.2. The highest BCUT2D eigenvalue weighted by Gasteiger charge is 2.19. The van der Waals surface area contributed by atoms with Crippen LogP contribution in [0.1, 0.15) is 27.0 Å². The summed E-state index contributed by atoms with van der Waals surface area (Å²) in [6.07, 6.45) is 3.11. The van der Waals surface area contributed by atoms with Gasteiger partial charge in [0, 0.05) is 37.0 Å². The zero-order chi connectivity index (χ0) is 25.0. The van der Waals surface area contributed by atoms with Gasteiger partial charge in [-0.25, -0.2) is 9.64 Å². The van der Waals surface area contributed by atoms with Crippen LogP contribution in [0.15, 0.2) is 53.0 Å². The van der Waals surface area contributed by atoms with Crippen LogP contribution in [0.4, 0.5) is 11.4 Å². The normalized spacial score (nSPS) is 10.1. The van der Waals surface area contributed by atoms with Gasteiger partial charge in [0.1, 0.15) is 5.75 Å². The van der Waals surface area contributed by atoms with Gasteiger partial charge >= 0.3 is 5.97 Å². The van der Waals surface area contributed by atoms with Crippen LogP contribution in [0.2, 0.25) is 0 Å². The zero-order valence-corrected chi connectivity index (χ0v) is 19.2. The van der Waals surface area contributed by atoms with E-state index in [4.69, 9.17) is 16.4 Å². The lowest BCUT2D eigenvalue weighted by Gasteiger charge is -2.14. The van der Waals surface area contributed by atoms with Crippen LogP contribution in [-0.2, 0) is 0 Å². The van der Waals surface area contributed by atoms with Crippen molar-refractivity contribution in [3.05, 3.63) is 92.2 Å².